The van der Waals surface area contributed by atoms with Gasteiger partial charge in [-0.15, -0.1) is 0 Å². The average molecular weight is 284 g/mol. The molecule has 0 aromatic heterocycles. The maximum Gasteiger partial charge on any atom is 0.131 e. The van der Waals surface area contributed by atoms with Gasteiger partial charge in [0.1, 0.15) is 11.5 Å². The van der Waals surface area contributed by atoms with Crippen LogP contribution in [0.15, 0.2) is 48.5 Å². The Morgan fingerprint density at radius 2 is 1.62 bits per heavy atom. The largest absolute Gasteiger partial charge is 0.457 e. The molecule has 2 nitrogen and oxygen atoms in total. The first-order chi connectivity index (χ1) is 9.91. The number of benzene rings is 2. The smallest absolute Gasteiger partial charge is 0.131 e. The van der Waals surface area contributed by atoms with Gasteiger partial charge in [0.15, 0.2) is 0 Å². The van der Waals surface area contributed by atoms with E-state index in [2.05, 4.69) is 26.8 Å². The second-order valence-electron chi connectivity index (χ2n) is 6.34. The van der Waals surface area contributed by atoms with E-state index in [1.165, 1.54) is 5.56 Å². The fraction of sp³-hybridized carbons (Fsp3) is 0.368. The van der Waals surface area contributed by atoms with Crippen molar-refractivity contribution in [1.29, 1.82) is 0 Å². The maximum absolute atomic E-state index is 9.82. The third kappa shape index (κ3) is 3.85. The van der Waals surface area contributed by atoms with Crippen molar-refractivity contribution in [3.05, 3.63) is 59.7 Å². The molecular weight excluding hydrogens is 260 g/mol. The first-order valence-corrected chi connectivity index (χ1v) is 7.47. The molecule has 0 heterocycles. The van der Waals surface area contributed by atoms with Crippen molar-refractivity contribution in [1.82, 2.24) is 0 Å². The normalized spacial score (nSPS) is 13.0. The molecular formula is C19H24O2. The molecule has 2 heteroatoms. The van der Waals surface area contributed by atoms with E-state index in [0.29, 0.717) is 6.42 Å². The summed E-state index contributed by atoms with van der Waals surface area (Å²) in [7, 11) is 0. The van der Waals surface area contributed by atoms with Gasteiger partial charge in [0.2, 0.25) is 0 Å². The third-order valence-corrected chi connectivity index (χ3v) is 3.57. The minimum Gasteiger partial charge on any atom is -0.457 e. The number of hydrogen-bond acceptors (Lipinski definition) is 2. The van der Waals surface area contributed by atoms with Crippen molar-refractivity contribution >= 4 is 0 Å². The first kappa shape index (κ1) is 15.6. The van der Waals surface area contributed by atoms with E-state index in [-0.39, 0.29) is 5.41 Å². The summed E-state index contributed by atoms with van der Waals surface area (Å²) in [4.78, 5) is 0. The van der Waals surface area contributed by atoms with Crippen LogP contribution < -0.4 is 4.74 Å². The minimum absolute atomic E-state index is 0.0366. The van der Waals surface area contributed by atoms with Crippen molar-refractivity contribution < 1.29 is 9.84 Å². The molecule has 2 rings (SSSR count). The van der Waals surface area contributed by atoms with Crippen molar-refractivity contribution in [2.24, 2.45) is 0 Å². The van der Waals surface area contributed by atoms with Crippen molar-refractivity contribution in [2.75, 3.05) is 0 Å². The number of aliphatic hydroxyl groups is 1. The predicted molar refractivity (Wildman–Crippen MR) is 86.9 cm³/mol. The van der Waals surface area contributed by atoms with E-state index in [9.17, 15) is 5.11 Å². The molecule has 1 N–H and O–H groups in total. The highest BCUT2D eigenvalue weighted by atomic mass is 16.5. The number of hydrogen-bond donors (Lipinski definition) is 1. The lowest BCUT2D eigenvalue weighted by atomic mass is 9.86. The van der Waals surface area contributed by atoms with Crippen molar-refractivity contribution in [2.45, 2.75) is 45.6 Å². The van der Waals surface area contributed by atoms with Gasteiger partial charge in [-0.3, -0.25) is 0 Å². The van der Waals surface area contributed by atoms with Crippen LogP contribution in [0.3, 0.4) is 0 Å². The summed E-state index contributed by atoms with van der Waals surface area (Å²) in [6.07, 6.45) is 0.313. The fourth-order valence-electron chi connectivity index (χ4n) is 2.30. The monoisotopic (exact) mass is 284 g/mol. The van der Waals surface area contributed by atoms with Crippen LogP contribution in [-0.4, -0.2) is 5.11 Å². The van der Waals surface area contributed by atoms with Crippen LogP contribution in [0.4, 0.5) is 0 Å². The Kier molecular flexibility index (Phi) is 4.69. The Bertz CT molecular complexity index is 579. The molecule has 0 amide bonds. The van der Waals surface area contributed by atoms with Crippen LogP contribution in [0.5, 0.6) is 11.5 Å². The highest BCUT2D eigenvalue weighted by Gasteiger charge is 2.18. The Labute approximate surface area is 127 Å². The number of rotatable bonds is 4. The quantitative estimate of drug-likeness (QED) is 0.834. The molecule has 0 aliphatic carbocycles. The molecule has 0 saturated carbocycles. The molecule has 0 bridgehead atoms. The van der Waals surface area contributed by atoms with Crippen molar-refractivity contribution in [3.63, 3.8) is 0 Å². The number of para-hydroxylation sites is 1. The topological polar surface area (TPSA) is 29.5 Å². The summed E-state index contributed by atoms with van der Waals surface area (Å²) >= 11 is 0. The Hall–Kier alpha value is -1.80. The van der Waals surface area contributed by atoms with Crippen LogP contribution in [-0.2, 0) is 5.41 Å². The molecule has 0 aliphatic rings. The van der Waals surface area contributed by atoms with E-state index in [1.54, 1.807) is 0 Å². The number of ether oxygens (including phenoxy) is 1. The lowest BCUT2D eigenvalue weighted by Gasteiger charge is -2.22. The Morgan fingerprint density at radius 1 is 1.00 bits per heavy atom. The van der Waals surface area contributed by atoms with Crippen LogP contribution in [0.2, 0.25) is 0 Å². The van der Waals surface area contributed by atoms with Gasteiger partial charge in [0.25, 0.3) is 0 Å². The summed E-state index contributed by atoms with van der Waals surface area (Å²) in [5, 5.41) is 9.82. The van der Waals surface area contributed by atoms with Gasteiger partial charge in [-0.25, -0.2) is 0 Å². The van der Waals surface area contributed by atoms with Gasteiger partial charge in [-0.2, -0.15) is 0 Å². The fourth-order valence-corrected chi connectivity index (χ4v) is 2.30. The highest BCUT2D eigenvalue weighted by Crippen LogP contribution is 2.34. The van der Waals surface area contributed by atoms with Gasteiger partial charge in [-0.1, -0.05) is 58.0 Å². The minimum atomic E-state index is -0.402. The lowest BCUT2D eigenvalue weighted by molar-refractivity contribution is 0.173. The molecule has 21 heavy (non-hydrogen) atoms. The zero-order chi connectivity index (χ0) is 15.5. The molecule has 0 spiro atoms. The standard InChI is InChI=1S/C19H24O2/c1-5-17(20)14-10-12-15(13-11-14)21-18-9-7-6-8-16(18)19(2,3)4/h6-13,17,20H,5H2,1-4H3/t17-/m0/s1. The SMILES string of the molecule is CC[C@H](O)c1ccc(Oc2ccccc2C(C)(C)C)cc1. The van der Waals surface area contributed by atoms with Gasteiger partial charge < -0.3 is 9.84 Å². The van der Waals surface area contributed by atoms with E-state index < -0.39 is 6.10 Å². The Morgan fingerprint density at radius 3 is 2.19 bits per heavy atom. The van der Waals surface area contributed by atoms with Gasteiger partial charge in [-0.05, 0) is 35.6 Å². The second kappa shape index (κ2) is 6.31. The van der Waals surface area contributed by atoms with Crippen LogP contribution in [0.25, 0.3) is 0 Å². The molecule has 1 atom stereocenters. The van der Waals surface area contributed by atoms with Crippen LogP contribution >= 0.6 is 0 Å². The average Bonchev–Trinajstić information content (AvgIpc) is 2.47. The maximum atomic E-state index is 9.82. The van der Waals surface area contributed by atoms with Gasteiger partial charge in [0.05, 0.1) is 6.10 Å². The molecule has 112 valence electrons. The van der Waals surface area contributed by atoms with E-state index in [0.717, 1.165) is 17.1 Å². The van der Waals surface area contributed by atoms with E-state index in [4.69, 9.17) is 4.74 Å². The molecule has 0 saturated heterocycles. The summed E-state index contributed by atoms with van der Waals surface area (Å²) < 4.78 is 6.02. The molecule has 0 aliphatic heterocycles. The van der Waals surface area contributed by atoms with E-state index in [1.807, 2.05) is 49.4 Å². The van der Waals surface area contributed by atoms with Gasteiger partial charge >= 0.3 is 0 Å². The summed E-state index contributed by atoms with van der Waals surface area (Å²) in [5.74, 6) is 1.67. The van der Waals surface area contributed by atoms with Crippen molar-refractivity contribution in [3.8, 4) is 11.5 Å². The molecule has 0 unspecified atom stereocenters. The summed E-state index contributed by atoms with van der Waals surface area (Å²) in [6, 6.07) is 15.8. The molecule has 0 fully saturated rings. The van der Waals surface area contributed by atoms with E-state index >= 15 is 0 Å². The van der Waals surface area contributed by atoms with Gasteiger partial charge in [0, 0.05) is 5.56 Å². The summed E-state index contributed by atoms with van der Waals surface area (Å²) in [6.45, 7) is 8.50. The Balaban J connectivity index is 2.23. The third-order valence-electron chi connectivity index (χ3n) is 3.57. The molecule has 0 radical (unpaired) electrons. The highest BCUT2D eigenvalue weighted by molar-refractivity contribution is 5.42. The van der Waals surface area contributed by atoms with Crippen LogP contribution in [0, 0.1) is 0 Å². The second-order valence-corrected chi connectivity index (χ2v) is 6.34. The summed E-state index contributed by atoms with van der Waals surface area (Å²) in [5.41, 5.74) is 2.14. The zero-order valence-electron chi connectivity index (χ0n) is 13.3. The lowest BCUT2D eigenvalue weighted by Crippen LogP contribution is -2.12. The number of aliphatic hydroxyl groups excluding tert-OH is 1. The first-order valence-electron chi connectivity index (χ1n) is 7.47. The molecule has 2 aromatic rings. The molecule has 2 aromatic carbocycles. The van der Waals surface area contributed by atoms with Crippen LogP contribution in [0.1, 0.15) is 51.3 Å². The predicted octanol–water partition coefficient (Wildman–Crippen LogP) is 5.22. The zero-order valence-corrected chi connectivity index (χ0v) is 13.3.